The molecule has 136 valence electrons. The summed E-state index contributed by atoms with van der Waals surface area (Å²) in [5.74, 6) is -0.132. The molecule has 2 N–H and O–H groups in total. The fraction of sp³-hybridized carbons (Fsp3) is 0.353. The van der Waals surface area contributed by atoms with Gasteiger partial charge in [0.1, 0.15) is 6.54 Å². The average molecular weight is 383 g/mol. The van der Waals surface area contributed by atoms with Crippen molar-refractivity contribution in [3.63, 3.8) is 0 Å². The fourth-order valence-corrected chi connectivity index (χ4v) is 4.07. The van der Waals surface area contributed by atoms with Gasteiger partial charge in [-0.15, -0.1) is 11.3 Å². The molecule has 1 aromatic carbocycles. The SMILES string of the molecule is CC[NH+](CC(=O)Nc1cccc(S(=O)(=O)N(C)C)c1)Cc1cccs1. The minimum Gasteiger partial charge on any atom is -0.323 e. The first kappa shape index (κ1) is 19.6. The second-order valence-corrected chi connectivity index (χ2v) is 9.08. The number of carbonyl (C=O) groups excluding carboxylic acids is 1. The number of carbonyl (C=O) groups is 1. The van der Waals surface area contributed by atoms with Crippen LogP contribution in [0.2, 0.25) is 0 Å². The molecule has 1 atom stereocenters. The molecule has 2 aromatic rings. The van der Waals surface area contributed by atoms with Gasteiger partial charge in [0, 0.05) is 19.8 Å². The summed E-state index contributed by atoms with van der Waals surface area (Å²) < 4.78 is 25.5. The standard InChI is InChI=1S/C17H23N3O3S2/c1-4-20(12-15-8-6-10-24-15)13-17(21)18-14-7-5-9-16(11-14)25(22,23)19(2)3/h5-11H,4,12-13H2,1-3H3,(H,18,21)/p+1. The maximum atomic E-state index is 12.3. The summed E-state index contributed by atoms with van der Waals surface area (Å²) in [6.45, 7) is 4.01. The van der Waals surface area contributed by atoms with Gasteiger partial charge in [-0.05, 0) is 36.6 Å². The number of sulfonamides is 1. The summed E-state index contributed by atoms with van der Waals surface area (Å²) in [6.07, 6.45) is 0. The van der Waals surface area contributed by atoms with Gasteiger partial charge in [-0.3, -0.25) is 4.79 Å². The molecule has 1 amide bonds. The maximum Gasteiger partial charge on any atom is 0.279 e. The van der Waals surface area contributed by atoms with Gasteiger partial charge in [0.2, 0.25) is 10.0 Å². The van der Waals surface area contributed by atoms with E-state index in [-0.39, 0.29) is 10.8 Å². The molecular formula is C17H24N3O3S2+. The minimum atomic E-state index is -3.52. The van der Waals surface area contributed by atoms with Crippen LogP contribution in [0.4, 0.5) is 5.69 Å². The van der Waals surface area contributed by atoms with Crippen molar-refractivity contribution in [1.29, 1.82) is 0 Å². The lowest BCUT2D eigenvalue weighted by Crippen LogP contribution is -3.11. The van der Waals surface area contributed by atoms with Crippen molar-refractivity contribution in [2.24, 2.45) is 0 Å². The van der Waals surface area contributed by atoms with Crippen LogP contribution >= 0.6 is 11.3 Å². The van der Waals surface area contributed by atoms with E-state index in [2.05, 4.69) is 11.4 Å². The molecule has 6 nitrogen and oxygen atoms in total. The van der Waals surface area contributed by atoms with Crippen LogP contribution < -0.4 is 10.2 Å². The highest BCUT2D eigenvalue weighted by Gasteiger charge is 2.18. The molecule has 0 saturated heterocycles. The van der Waals surface area contributed by atoms with E-state index in [0.717, 1.165) is 22.3 Å². The van der Waals surface area contributed by atoms with Crippen LogP contribution in [0.3, 0.4) is 0 Å². The average Bonchev–Trinajstić information content (AvgIpc) is 3.07. The Morgan fingerprint density at radius 3 is 2.60 bits per heavy atom. The number of hydrogen-bond donors (Lipinski definition) is 2. The smallest absolute Gasteiger partial charge is 0.279 e. The van der Waals surface area contributed by atoms with Crippen molar-refractivity contribution in [2.45, 2.75) is 18.4 Å². The first-order chi connectivity index (χ1) is 11.8. The third kappa shape index (κ3) is 5.37. The topological polar surface area (TPSA) is 70.9 Å². The number of likely N-dealkylation sites (N-methyl/N-ethyl adjacent to an activating group) is 1. The molecule has 1 heterocycles. The molecule has 0 aliphatic carbocycles. The van der Waals surface area contributed by atoms with E-state index in [1.165, 1.54) is 31.1 Å². The monoisotopic (exact) mass is 382 g/mol. The van der Waals surface area contributed by atoms with Crippen molar-refractivity contribution < 1.29 is 18.1 Å². The second-order valence-electron chi connectivity index (χ2n) is 5.90. The molecule has 0 aliphatic rings. The van der Waals surface area contributed by atoms with Gasteiger partial charge in [0.25, 0.3) is 5.91 Å². The lowest BCUT2D eigenvalue weighted by Gasteiger charge is -2.17. The van der Waals surface area contributed by atoms with Gasteiger partial charge in [-0.25, -0.2) is 12.7 Å². The Morgan fingerprint density at radius 2 is 2.00 bits per heavy atom. The van der Waals surface area contributed by atoms with Crippen LogP contribution in [0.1, 0.15) is 11.8 Å². The van der Waals surface area contributed by atoms with Gasteiger partial charge in [-0.1, -0.05) is 12.1 Å². The van der Waals surface area contributed by atoms with E-state index in [0.29, 0.717) is 12.2 Å². The van der Waals surface area contributed by atoms with Crippen molar-refractivity contribution in [1.82, 2.24) is 4.31 Å². The number of amides is 1. The van der Waals surface area contributed by atoms with Gasteiger partial charge in [0.05, 0.1) is 16.3 Å². The summed E-state index contributed by atoms with van der Waals surface area (Å²) in [6, 6.07) is 10.4. The predicted octanol–water partition coefficient (Wildman–Crippen LogP) is 1.04. The summed E-state index contributed by atoms with van der Waals surface area (Å²) >= 11 is 1.68. The lowest BCUT2D eigenvalue weighted by atomic mass is 10.3. The van der Waals surface area contributed by atoms with Crippen LogP contribution in [-0.4, -0.2) is 45.8 Å². The largest absolute Gasteiger partial charge is 0.323 e. The minimum absolute atomic E-state index is 0.132. The first-order valence-electron chi connectivity index (χ1n) is 8.01. The van der Waals surface area contributed by atoms with Crippen molar-refractivity contribution >= 4 is 33.0 Å². The van der Waals surface area contributed by atoms with E-state index in [4.69, 9.17) is 0 Å². The van der Waals surface area contributed by atoms with E-state index < -0.39 is 10.0 Å². The Morgan fingerprint density at radius 1 is 1.24 bits per heavy atom. The van der Waals surface area contributed by atoms with Gasteiger partial charge >= 0.3 is 0 Å². The van der Waals surface area contributed by atoms with Crippen LogP contribution in [0.5, 0.6) is 0 Å². The number of rotatable bonds is 8. The van der Waals surface area contributed by atoms with Crippen LogP contribution in [0, 0.1) is 0 Å². The quantitative estimate of drug-likeness (QED) is 0.717. The highest BCUT2D eigenvalue weighted by Crippen LogP contribution is 2.17. The number of anilines is 1. The van der Waals surface area contributed by atoms with E-state index in [9.17, 15) is 13.2 Å². The fourth-order valence-electron chi connectivity index (χ4n) is 2.35. The Labute approximate surface area is 153 Å². The van der Waals surface area contributed by atoms with Crippen LogP contribution in [0.15, 0.2) is 46.7 Å². The number of hydrogen-bond acceptors (Lipinski definition) is 4. The second kappa shape index (κ2) is 8.57. The maximum absolute atomic E-state index is 12.3. The summed E-state index contributed by atoms with van der Waals surface area (Å²) in [5.41, 5.74) is 0.486. The number of nitrogens with one attached hydrogen (secondary N) is 2. The summed E-state index contributed by atoms with van der Waals surface area (Å²) in [4.78, 5) is 14.9. The summed E-state index contributed by atoms with van der Waals surface area (Å²) in [7, 11) is -0.559. The zero-order valence-corrected chi connectivity index (χ0v) is 16.3. The highest BCUT2D eigenvalue weighted by molar-refractivity contribution is 7.89. The van der Waals surface area contributed by atoms with Crippen molar-refractivity contribution in [2.75, 3.05) is 32.5 Å². The molecule has 2 rings (SSSR count). The molecule has 0 saturated carbocycles. The zero-order chi connectivity index (χ0) is 18.4. The number of nitrogens with zero attached hydrogens (tertiary/aromatic N) is 1. The molecular weight excluding hydrogens is 358 g/mol. The summed E-state index contributed by atoms with van der Waals surface area (Å²) in [5, 5.41) is 4.83. The van der Waals surface area contributed by atoms with Crippen LogP contribution in [0.25, 0.3) is 0 Å². The molecule has 0 fully saturated rings. The van der Waals surface area contributed by atoms with E-state index >= 15 is 0 Å². The predicted molar refractivity (Wildman–Crippen MR) is 100 cm³/mol. The Kier molecular flexibility index (Phi) is 6.71. The Balaban J connectivity index is 2.02. The Bertz CT molecular complexity index is 802. The Hall–Kier alpha value is -1.74. The number of benzene rings is 1. The zero-order valence-electron chi connectivity index (χ0n) is 14.7. The lowest BCUT2D eigenvalue weighted by molar-refractivity contribution is -0.903. The molecule has 0 aliphatic heterocycles. The van der Waals surface area contributed by atoms with E-state index in [1.807, 2.05) is 18.4 Å². The number of quaternary nitrogens is 1. The van der Waals surface area contributed by atoms with Gasteiger partial charge in [0.15, 0.2) is 6.54 Å². The van der Waals surface area contributed by atoms with Gasteiger partial charge in [-0.2, -0.15) is 0 Å². The van der Waals surface area contributed by atoms with Crippen molar-refractivity contribution in [3.8, 4) is 0 Å². The molecule has 0 radical (unpaired) electrons. The normalized spacial score (nSPS) is 13.0. The molecule has 0 spiro atoms. The van der Waals surface area contributed by atoms with Crippen LogP contribution in [-0.2, 0) is 21.4 Å². The molecule has 25 heavy (non-hydrogen) atoms. The number of thiophene rings is 1. The van der Waals surface area contributed by atoms with Gasteiger partial charge < -0.3 is 10.2 Å². The first-order valence-corrected chi connectivity index (χ1v) is 10.3. The highest BCUT2D eigenvalue weighted by atomic mass is 32.2. The molecule has 1 aromatic heterocycles. The molecule has 1 unspecified atom stereocenters. The molecule has 8 heteroatoms. The third-order valence-corrected chi connectivity index (χ3v) is 6.50. The van der Waals surface area contributed by atoms with Crippen molar-refractivity contribution in [3.05, 3.63) is 46.7 Å². The molecule has 0 bridgehead atoms. The van der Waals surface area contributed by atoms with E-state index in [1.54, 1.807) is 23.5 Å². The third-order valence-electron chi connectivity index (χ3n) is 3.81.